The first-order valence-electron chi connectivity index (χ1n) is 3.81. The summed E-state index contributed by atoms with van der Waals surface area (Å²) >= 11 is 0. The summed E-state index contributed by atoms with van der Waals surface area (Å²) in [6.45, 7) is 0.180. The van der Waals surface area contributed by atoms with Crippen LogP contribution in [0.25, 0.3) is 0 Å². The highest BCUT2D eigenvalue weighted by molar-refractivity contribution is 5.58. The molecule has 0 bridgehead atoms. The number of hydrogen-bond acceptors (Lipinski definition) is 2. The Hall–Kier alpha value is -1.35. The van der Waals surface area contributed by atoms with E-state index in [9.17, 15) is 0 Å². The number of aliphatic hydroxyl groups excluding tert-OH is 1. The first-order chi connectivity index (χ1) is 5.86. The lowest BCUT2D eigenvalue weighted by atomic mass is 10.1. The topological polar surface area (TPSA) is 58.6 Å². The highest BCUT2D eigenvalue weighted by Crippen LogP contribution is 2.12. The van der Waals surface area contributed by atoms with E-state index in [1.165, 1.54) is 6.34 Å². The normalized spacial score (nSPS) is 10.8. The maximum absolute atomic E-state index is 8.64. The Morgan fingerprint density at radius 2 is 2.00 bits per heavy atom. The van der Waals surface area contributed by atoms with Gasteiger partial charge < -0.3 is 10.8 Å². The van der Waals surface area contributed by atoms with Crippen molar-refractivity contribution in [2.45, 2.75) is 6.42 Å². The molecule has 3 N–H and O–H groups in total. The van der Waals surface area contributed by atoms with Crippen LogP contribution < -0.4 is 5.73 Å². The van der Waals surface area contributed by atoms with Gasteiger partial charge in [-0.1, -0.05) is 12.1 Å². The first-order valence-corrected chi connectivity index (χ1v) is 3.81. The van der Waals surface area contributed by atoms with Crippen LogP contribution in [0.1, 0.15) is 5.56 Å². The van der Waals surface area contributed by atoms with Gasteiger partial charge in [0.05, 0.1) is 12.0 Å². The van der Waals surface area contributed by atoms with Crippen LogP contribution in [0.4, 0.5) is 5.69 Å². The molecule has 0 spiro atoms. The van der Waals surface area contributed by atoms with Crippen LogP contribution >= 0.6 is 0 Å². The second-order valence-electron chi connectivity index (χ2n) is 2.42. The van der Waals surface area contributed by atoms with E-state index in [1.54, 1.807) is 0 Å². The predicted molar refractivity (Wildman–Crippen MR) is 49.6 cm³/mol. The van der Waals surface area contributed by atoms with Crippen molar-refractivity contribution in [2.24, 2.45) is 10.7 Å². The van der Waals surface area contributed by atoms with Gasteiger partial charge in [-0.2, -0.15) is 0 Å². The molecule has 0 unspecified atom stereocenters. The van der Waals surface area contributed by atoms with Crippen LogP contribution in [0.2, 0.25) is 0 Å². The predicted octanol–water partition coefficient (Wildman–Crippen LogP) is 0.840. The SMILES string of the molecule is NC=Nc1ccc(CCO)cc1. The minimum atomic E-state index is 0.180. The molecule has 0 amide bonds. The lowest BCUT2D eigenvalue weighted by molar-refractivity contribution is 0.299. The van der Waals surface area contributed by atoms with Gasteiger partial charge in [-0.05, 0) is 24.1 Å². The molecule has 0 aliphatic carbocycles. The van der Waals surface area contributed by atoms with Gasteiger partial charge in [-0.3, -0.25) is 0 Å². The number of nitrogens with zero attached hydrogens (tertiary/aromatic N) is 1. The Labute approximate surface area is 71.6 Å². The van der Waals surface area contributed by atoms with Crippen molar-refractivity contribution in [1.82, 2.24) is 0 Å². The Morgan fingerprint density at radius 3 is 2.50 bits per heavy atom. The van der Waals surface area contributed by atoms with Crippen molar-refractivity contribution in [3.8, 4) is 0 Å². The van der Waals surface area contributed by atoms with Crippen molar-refractivity contribution in [3.05, 3.63) is 29.8 Å². The summed E-state index contributed by atoms with van der Waals surface area (Å²) < 4.78 is 0. The van der Waals surface area contributed by atoms with E-state index in [0.717, 1.165) is 11.3 Å². The van der Waals surface area contributed by atoms with Crippen molar-refractivity contribution in [3.63, 3.8) is 0 Å². The highest BCUT2D eigenvalue weighted by atomic mass is 16.2. The second kappa shape index (κ2) is 4.51. The van der Waals surface area contributed by atoms with Crippen molar-refractivity contribution >= 4 is 12.0 Å². The van der Waals surface area contributed by atoms with Crippen LogP contribution in [0.3, 0.4) is 0 Å². The van der Waals surface area contributed by atoms with E-state index >= 15 is 0 Å². The molecule has 0 aromatic heterocycles. The molecule has 0 aliphatic heterocycles. The number of nitrogens with two attached hydrogens (primary N) is 1. The summed E-state index contributed by atoms with van der Waals surface area (Å²) in [5.74, 6) is 0. The minimum Gasteiger partial charge on any atom is -0.396 e. The average molecular weight is 164 g/mol. The smallest absolute Gasteiger partial charge is 0.0860 e. The molecule has 64 valence electrons. The standard InChI is InChI=1S/C9H12N2O/c10-7-11-9-3-1-8(2-4-9)5-6-12/h1-4,7,12H,5-6H2,(H2,10,11). The van der Waals surface area contributed by atoms with Crippen LogP contribution in [0.15, 0.2) is 29.3 Å². The average Bonchev–Trinajstić information content (AvgIpc) is 2.09. The van der Waals surface area contributed by atoms with Gasteiger partial charge in [-0.25, -0.2) is 4.99 Å². The largest absolute Gasteiger partial charge is 0.396 e. The molecule has 0 radical (unpaired) electrons. The lowest BCUT2D eigenvalue weighted by Crippen LogP contribution is -1.89. The van der Waals surface area contributed by atoms with Gasteiger partial charge in [0.25, 0.3) is 0 Å². The van der Waals surface area contributed by atoms with E-state index < -0.39 is 0 Å². The van der Waals surface area contributed by atoms with Crippen molar-refractivity contribution in [2.75, 3.05) is 6.61 Å². The molecule has 0 fully saturated rings. The van der Waals surface area contributed by atoms with E-state index in [4.69, 9.17) is 10.8 Å². The number of hydrogen-bond donors (Lipinski definition) is 2. The summed E-state index contributed by atoms with van der Waals surface area (Å²) in [7, 11) is 0. The fourth-order valence-corrected chi connectivity index (χ4v) is 0.964. The molecular formula is C9H12N2O. The molecule has 1 aromatic rings. The Balaban J connectivity index is 2.71. The number of rotatable bonds is 3. The highest BCUT2D eigenvalue weighted by Gasteiger charge is 1.91. The zero-order valence-electron chi connectivity index (χ0n) is 6.77. The third kappa shape index (κ3) is 2.36. The van der Waals surface area contributed by atoms with E-state index in [2.05, 4.69) is 4.99 Å². The molecule has 0 atom stereocenters. The molecule has 0 aliphatic rings. The number of aliphatic imine (C=N–C) groups is 1. The van der Waals surface area contributed by atoms with E-state index in [-0.39, 0.29) is 6.61 Å². The summed E-state index contributed by atoms with van der Waals surface area (Å²) in [6, 6.07) is 7.60. The minimum absolute atomic E-state index is 0.180. The van der Waals surface area contributed by atoms with Gasteiger partial charge in [0.15, 0.2) is 0 Å². The van der Waals surface area contributed by atoms with Crippen LogP contribution in [-0.4, -0.2) is 18.1 Å². The fourth-order valence-electron chi connectivity index (χ4n) is 0.964. The maximum atomic E-state index is 8.64. The summed E-state index contributed by atoms with van der Waals surface area (Å²) in [5.41, 5.74) is 7.06. The molecule has 12 heavy (non-hydrogen) atoms. The molecule has 0 heterocycles. The zero-order valence-corrected chi connectivity index (χ0v) is 6.77. The first kappa shape index (κ1) is 8.74. The molecule has 0 saturated carbocycles. The molecule has 0 saturated heterocycles. The van der Waals surface area contributed by atoms with E-state index in [0.29, 0.717) is 6.42 Å². The van der Waals surface area contributed by atoms with Gasteiger partial charge in [-0.15, -0.1) is 0 Å². The van der Waals surface area contributed by atoms with Gasteiger partial charge in [0, 0.05) is 6.61 Å². The monoisotopic (exact) mass is 164 g/mol. The molecule has 3 heteroatoms. The van der Waals surface area contributed by atoms with Crippen molar-refractivity contribution in [1.29, 1.82) is 0 Å². The van der Waals surface area contributed by atoms with E-state index in [1.807, 2.05) is 24.3 Å². The second-order valence-corrected chi connectivity index (χ2v) is 2.42. The quantitative estimate of drug-likeness (QED) is 0.513. The number of benzene rings is 1. The van der Waals surface area contributed by atoms with Crippen LogP contribution in [-0.2, 0) is 6.42 Å². The van der Waals surface area contributed by atoms with Gasteiger partial charge >= 0.3 is 0 Å². The third-order valence-electron chi connectivity index (χ3n) is 1.56. The van der Waals surface area contributed by atoms with Crippen LogP contribution in [0, 0.1) is 0 Å². The Morgan fingerprint density at radius 1 is 1.33 bits per heavy atom. The fraction of sp³-hybridized carbons (Fsp3) is 0.222. The maximum Gasteiger partial charge on any atom is 0.0860 e. The molecule has 1 rings (SSSR count). The summed E-state index contributed by atoms with van der Waals surface area (Å²) in [6.07, 6.45) is 1.95. The Kier molecular flexibility index (Phi) is 3.29. The summed E-state index contributed by atoms with van der Waals surface area (Å²) in [5, 5.41) is 8.64. The molecule has 3 nitrogen and oxygen atoms in total. The lowest BCUT2D eigenvalue weighted by Gasteiger charge is -1.97. The third-order valence-corrected chi connectivity index (χ3v) is 1.56. The van der Waals surface area contributed by atoms with Crippen molar-refractivity contribution < 1.29 is 5.11 Å². The van der Waals surface area contributed by atoms with Crippen LogP contribution in [0.5, 0.6) is 0 Å². The van der Waals surface area contributed by atoms with Gasteiger partial charge in [0.1, 0.15) is 0 Å². The number of aliphatic hydroxyl groups is 1. The zero-order chi connectivity index (χ0) is 8.81. The Bertz CT molecular complexity index is 254. The molecular weight excluding hydrogens is 152 g/mol. The van der Waals surface area contributed by atoms with Gasteiger partial charge in [0.2, 0.25) is 0 Å². The summed E-state index contributed by atoms with van der Waals surface area (Å²) in [4.78, 5) is 3.90. The molecule has 1 aromatic carbocycles.